The summed E-state index contributed by atoms with van der Waals surface area (Å²) in [5.41, 5.74) is 1.52. The molecule has 4 nitrogen and oxygen atoms in total. The van der Waals surface area contributed by atoms with Crippen LogP contribution in [0.4, 0.5) is 13.2 Å². The van der Waals surface area contributed by atoms with Crippen molar-refractivity contribution in [2.45, 2.75) is 50.8 Å². The van der Waals surface area contributed by atoms with Crippen LogP contribution in [0.5, 0.6) is 5.75 Å². The molecule has 1 saturated carbocycles. The number of carbonyl (C=O) groups is 1. The zero-order valence-corrected chi connectivity index (χ0v) is 16.3. The summed E-state index contributed by atoms with van der Waals surface area (Å²) < 4.78 is 44.7. The minimum atomic E-state index is -4.42. The Hall–Kier alpha value is -2.96. The van der Waals surface area contributed by atoms with E-state index in [2.05, 4.69) is 4.98 Å². The molecule has 0 spiro atoms. The Kier molecular flexibility index (Phi) is 5.45. The monoisotopic (exact) mass is 417 g/mol. The normalized spacial score (nSPS) is 15.4. The molecule has 158 valence electrons. The van der Waals surface area contributed by atoms with Gasteiger partial charge in [-0.3, -0.25) is 4.79 Å². The zero-order chi connectivity index (χ0) is 21.3. The summed E-state index contributed by atoms with van der Waals surface area (Å²) in [5.74, 6) is -0.332. The molecule has 0 atom stereocenters. The number of fused-ring (bicyclic) bond motifs is 1. The second-order valence-corrected chi connectivity index (χ2v) is 7.71. The van der Waals surface area contributed by atoms with Gasteiger partial charge in [-0.2, -0.15) is 13.2 Å². The maximum absolute atomic E-state index is 12.9. The van der Waals surface area contributed by atoms with E-state index in [0.717, 1.165) is 43.3 Å². The molecule has 0 bridgehead atoms. The number of benzene rings is 2. The van der Waals surface area contributed by atoms with Crippen molar-refractivity contribution < 1.29 is 27.8 Å². The topological polar surface area (TPSA) is 62.3 Å². The van der Waals surface area contributed by atoms with E-state index in [9.17, 15) is 23.1 Å². The minimum Gasteiger partial charge on any atom is -0.490 e. The minimum absolute atomic E-state index is 0.160. The average molecular weight is 417 g/mol. The summed E-state index contributed by atoms with van der Waals surface area (Å²) in [4.78, 5) is 14.7. The van der Waals surface area contributed by atoms with E-state index >= 15 is 0 Å². The van der Waals surface area contributed by atoms with Crippen LogP contribution in [0, 0.1) is 0 Å². The number of halogens is 3. The van der Waals surface area contributed by atoms with Crippen LogP contribution in [0.15, 0.2) is 42.5 Å². The Morgan fingerprint density at radius 2 is 1.77 bits per heavy atom. The van der Waals surface area contributed by atoms with E-state index in [-0.39, 0.29) is 12.5 Å². The number of carboxylic acids is 1. The Balaban J connectivity index is 1.72. The van der Waals surface area contributed by atoms with Crippen LogP contribution in [-0.2, 0) is 17.4 Å². The number of carboxylic acid groups (broad SMARTS) is 1. The third kappa shape index (κ3) is 4.30. The summed E-state index contributed by atoms with van der Waals surface area (Å²) in [6.45, 7) is 0. The fourth-order valence-electron chi connectivity index (χ4n) is 4.08. The van der Waals surface area contributed by atoms with Crippen LogP contribution in [-0.4, -0.2) is 22.2 Å². The maximum Gasteiger partial charge on any atom is 0.416 e. The van der Waals surface area contributed by atoms with Gasteiger partial charge >= 0.3 is 12.1 Å². The van der Waals surface area contributed by atoms with E-state index in [4.69, 9.17) is 4.74 Å². The third-order valence-electron chi connectivity index (χ3n) is 5.56. The number of hydrogen-bond acceptors (Lipinski definition) is 2. The molecule has 2 aromatic carbocycles. The van der Waals surface area contributed by atoms with Crippen molar-refractivity contribution in [2.24, 2.45) is 0 Å². The van der Waals surface area contributed by atoms with Gasteiger partial charge in [-0.25, -0.2) is 0 Å². The molecule has 1 aromatic heterocycles. The molecule has 30 heavy (non-hydrogen) atoms. The fraction of sp³-hybridized carbons (Fsp3) is 0.348. The lowest BCUT2D eigenvalue weighted by Crippen LogP contribution is -2.19. The summed E-state index contributed by atoms with van der Waals surface area (Å²) in [6.07, 6.45) is 0.993. The number of aromatic nitrogens is 1. The highest BCUT2D eigenvalue weighted by atomic mass is 19.4. The lowest BCUT2D eigenvalue weighted by molar-refractivity contribution is -0.138. The van der Waals surface area contributed by atoms with Crippen molar-refractivity contribution in [2.75, 3.05) is 0 Å². The summed E-state index contributed by atoms with van der Waals surface area (Å²) in [6, 6.07) is 10.2. The Bertz CT molecular complexity index is 1050. The molecule has 3 aromatic rings. The van der Waals surface area contributed by atoms with E-state index in [1.54, 1.807) is 0 Å². The first kappa shape index (κ1) is 20.3. The highest BCUT2D eigenvalue weighted by molar-refractivity contribution is 5.94. The molecule has 7 heteroatoms. The van der Waals surface area contributed by atoms with Crippen molar-refractivity contribution >= 4 is 16.9 Å². The van der Waals surface area contributed by atoms with Crippen molar-refractivity contribution in [1.82, 2.24) is 4.98 Å². The smallest absolute Gasteiger partial charge is 0.416 e. The van der Waals surface area contributed by atoms with Gasteiger partial charge in [-0.15, -0.1) is 0 Å². The van der Waals surface area contributed by atoms with Crippen LogP contribution in [0.2, 0.25) is 0 Å². The molecule has 1 aliphatic carbocycles. The highest BCUT2D eigenvalue weighted by Crippen LogP contribution is 2.36. The first-order valence-electron chi connectivity index (χ1n) is 10.0. The van der Waals surface area contributed by atoms with Gasteiger partial charge in [-0.05, 0) is 67.1 Å². The highest BCUT2D eigenvalue weighted by Gasteiger charge is 2.30. The molecule has 1 aliphatic rings. The zero-order valence-electron chi connectivity index (χ0n) is 16.3. The third-order valence-corrected chi connectivity index (χ3v) is 5.56. The van der Waals surface area contributed by atoms with Gasteiger partial charge in [0.2, 0.25) is 0 Å². The Morgan fingerprint density at radius 3 is 2.40 bits per heavy atom. The fourth-order valence-corrected chi connectivity index (χ4v) is 4.08. The van der Waals surface area contributed by atoms with Crippen LogP contribution in [0.1, 0.15) is 43.2 Å². The SMILES string of the molecule is O=C(O)Cc1c(-c2ccc(C(F)(F)F)cc2)[nH]c2ccc(OC3CCCCC3)cc12. The maximum atomic E-state index is 12.9. The van der Waals surface area contributed by atoms with Gasteiger partial charge in [-0.1, -0.05) is 18.6 Å². The van der Waals surface area contributed by atoms with E-state index in [1.807, 2.05) is 18.2 Å². The number of H-pyrrole nitrogens is 1. The van der Waals surface area contributed by atoms with Crippen molar-refractivity contribution in [1.29, 1.82) is 0 Å². The Labute approximate surface area is 171 Å². The van der Waals surface area contributed by atoms with Gasteiger partial charge in [0, 0.05) is 10.9 Å². The molecule has 0 unspecified atom stereocenters. The van der Waals surface area contributed by atoms with Crippen LogP contribution in [0.25, 0.3) is 22.2 Å². The first-order valence-corrected chi connectivity index (χ1v) is 10.0. The quantitative estimate of drug-likeness (QED) is 0.520. The number of alkyl halides is 3. The van der Waals surface area contributed by atoms with Crippen molar-refractivity contribution in [3.63, 3.8) is 0 Å². The molecule has 0 saturated heterocycles. The second kappa shape index (κ2) is 8.05. The van der Waals surface area contributed by atoms with E-state index < -0.39 is 17.7 Å². The number of hydrogen-bond donors (Lipinski definition) is 2. The molecule has 1 fully saturated rings. The number of rotatable bonds is 5. The lowest BCUT2D eigenvalue weighted by atomic mass is 9.97. The van der Waals surface area contributed by atoms with Crippen LogP contribution in [0.3, 0.4) is 0 Å². The number of ether oxygens (including phenoxy) is 1. The molecule has 4 rings (SSSR count). The number of nitrogens with one attached hydrogen (secondary N) is 1. The van der Waals surface area contributed by atoms with Gasteiger partial charge in [0.25, 0.3) is 0 Å². The Morgan fingerprint density at radius 1 is 1.07 bits per heavy atom. The van der Waals surface area contributed by atoms with Gasteiger partial charge < -0.3 is 14.8 Å². The summed E-state index contributed by atoms with van der Waals surface area (Å²) in [7, 11) is 0. The van der Waals surface area contributed by atoms with Crippen LogP contribution >= 0.6 is 0 Å². The summed E-state index contributed by atoms with van der Waals surface area (Å²) in [5, 5.41) is 10.1. The molecular formula is C23H22F3NO3. The summed E-state index contributed by atoms with van der Waals surface area (Å²) >= 11 is 0. The molecular weight excluding hydrogens is 395 g/mol. The van der Waals surface area contributed by atoms with E-state index in [0.29, 0.717) is 28.0 Å². The number of aromatic amines is 1. The predicted octanol–water partition coefficient (Wildman–Crippen LogP) is 6.19. The largest absolute Gasteiger partial charge is 0.490 e. The molecule has 2 N–H and O–H groups in total. The molecule has 0 amide bonds. The lowest BCUT2D eigenvalue weighted by Gasteiger charge is -2.23. The van der Waals surface area contributed by atoms with Gasteiger partial charge in [0.15, 0.2) is 0 Å². The first-order chi connectivity index (χ1) is 14.3. The second-order valence-electron chi connectivity index (χ2n) is 7.71. The molecule has 1 heterocycles. The van der Waals surface area contributed by atoms with Crippen molar-refractivity contribution in [3.05, 3.63) is 53.6 Å². The molecule has 0 radical (unpaired) electrons. The van der Waals surface area contributed by atoms with E-state index in [1.165, 1.54) is 18.6 Å². The van der Waals surface area contributed by atoms with Crippen LogP contribution < -0.4 is 4.74 Å². The standard InChI is InChI=1S/C23H22F3NO3/c24-23(25,26)15-8-6-14(7-9-15)22-19(13-21(28)29)18-12-17(10-11-20(18)27-22)30-16-4-2-1-3-5-16/h6-12,16,27H,1-5,13H2,(H,28,29). The number of aliphatic carboxylic acids is 1. The van der Waals surface area contributed by atoms with Gasteiger partial charge in [0.05, 0.1) is 23.8 Å². The molecule has 0 aliphatic heterocycles. The average Bonchev–Trinajstić information content (AvgIpc) is 3.05. The predicted molar refractivity (Wildman–Crippen MR) is 108 cm³/mol. The van der Waals surface area contributed by atoms with Crippen molar-refractivity contribution in [3.8, 4) is 17.0 Å². The van der Waals surface area contributed by atoms with Gasteiger partial charge in [0.1, 0.15) is 5.75 Å².